The van der Waals surface area contributed by atoms with Crippen molar-refractivity contribution in [1.29, 1.82) is 0 Å². The third-order valence-corrected chi connectivity index (χ3v) is 5.56. The normalized spacial score (nSPS) is 10.9. The van der Waals surface area contributed by atoms with E-state index in [4.69, 9.17) is 4.74 Å². The second-order valence-corrected chi connectivity index (χ2v) is 8.04. The highest BCUT2D eigenvalue weighted by molar-refractivity contribution is 8.01. The molecule has 0 unspecified atom stereocenters. The van der Waals surface area contributed by atoms with Gasteiger partial charge < -0.3 is 4.74 Å². The van der Waals surface area contributed by atoms with Gasteiger partial charge in [0.25, 0.3) is 5.91 Å². The molecule has 3 aromatic rings. The van der Waals surface area contributed by atoms with E-state index in [0.29, 0.717) is 23.1 Å². The van der Waals surface area contributed by atoms with Gasteiger partial charge in [0, 0.05) is 5.75 Å². The fraction of sp³-hybridized carbons (Fsp3) is 0.190. The minimum Gasteiger partial charge on any atom is -0.493 e. The summed E-state index contributed by atoms with van der Waals surface area (Å²) in [6, 6.07) is 17.3. The maximum atomic E-state index is 12.6. The number of hydrogen-bond donors (Lipinski definition) is 1. The molecule has 1 amide bonds. The van der Waals surface area contributed by atoms with Crippen LogP contribution in [0.1, 0.15) is 29.3 Å². The molecule has 2 aromatic carbocycles. The number of ether oxygens (including phenoxy) is 1. The number of anilines is 1. The quantitative estimate of drug-likeness (QED) is 0.378. The van der Waals surface area contributed by atoms with Crippen LogP contribution in [0.25, 0.3) is 6.08 Å². The molecule has 0 saturated heterocycles. The summed E-state index contributed by atoms with van der Waals surface area (Å²) in [6.45, 7) is 2.60. The molecule has 0 aliphatic carbocycles. The van der Waals surface area contributed by atoms with Crippen LogP contribution < -0.4 is 10.1 Å². The molecule has 0 aliphatic rings. The predicted octanol–water partition coefficient (Wildman–Crippen LogP) is 5.38. The lowest BCUT2D eigenvalue weighted by atomic mass is 10.2. The lowest BCUT2D eigenvalue weighted by Crippen LogP contribution is -2.13. The van der Waals surface area contributed by atoms with Gasteiger partial charge in [0.2, 0.25) is 5.13 Å². The van der Waals surface area contributed by atoms with Gasteiger partial charge in [0.05, 0.1) is 12.2 Å². The molecule has 0 aliphatic heterocycles. The second-order valence-electron chi connectivity index (χ2n) is 5.80. The summed E-state index contributed by atoms with van der Waals surface area (Å²) in [4.78, 5) is 12.6. The SMILES string of the molecule is CCCOc1ccccc1C(=O)Nc1nnc(SC/C=C/c2ccccc2)s1. The number of nitrogens with zero attached hydrogens (tertiary/aromatic N) is 2. The second kappa shape index (κ2) is 10.6. The minimum atomic E-state index is -0.247. The van der Waals surface area contributed by atoms with Crippen LogP contribution in [0.5, 0.6) is 5.75 Å². The molecule has 0 saturated carbocycles. The number of nitrogens with one attached hydrogen (secondary N) is 1. The summed E-state index contributed by atoms with van der Waals surface area (Å²) >= 11 is 2.94. The van der Waals surface area contributed by atoms with E-state index >= 15 is 0 Å². The standard InChI is InChI=1S/C21H21N3O2S2/c1-2-14-26-18-13-7-6-12-17(18)19(25)22-20-23-24-21(28-20)27-15-8-11-16-9-4-3-5-10-16/h3-13H,2,14-15H2,1H3,(H,22,23,25)/b11-8+. The zero-order valence-electron chi connectivity index (χ0n) is 15.5. The van der Waals surface area contributed by atoms with Gasteiger partial charge in [-0.1, -0.05) is 84.6 Å². The van der Waals surface area contributed by atoms with E-state index in [0.717, 1.165) is 22.1 Å². The van der Waals surface area contributed by atoms with E-state index in [1.807, 2.05) is 37.3 Å². The summed E-state index contributed by atoms with van der Waals surface area (Å²) in [5.74, 6) is 1.11. The molecule has 1 N–H and O–H groups in total. The highest BCUT2D eigenvalue weighted by Crippen LogP contribution is 2.27. The molecule has 28 heavy (non-hydrogen) atoms. The third-order valence-electron chi connectivity index (χ3n) is 3.63. The van der Waals surface area contributed by atoms with Crippen molar-refractivity contribution in [3.63, 3.8) is 0 Å². The van der Waals surface area contributed by atoms with Crippen molar-refractivity contribution >= 4 is 40.2 Å². The number of hydrogen-bond acceptors (Lipinski definition) is 6. The summed E-state index contributed by atoms with van der Waals surface area (Å²) < 4.78 is 6.46. The monoisotopic (exact) mass is 411 g/mol. The first-order chi connectivity index (χ1) is 13.8. The van der Waals surface area contributed by atoms with Gasteiger partial charge in [0.15, 0.2) is 4.34 Å². The Kier molecular flexibility index (Phi) is 7.63. The zero-order chi connectivity index (χ0) is 19.6. The molecule has 0 bridgehead atoms. The fourth-order valence-electron chi connectivity index (χ4n) is 2.34. The smallest absolute Gasteiger partial charge is 0.261 e. The van der Waals surface area contributed by atoms with Crippen molar-refractivity contribution in [3.05, 3.63) is 71.8 Å². The van der Waals surface area contributed by atoms with E-state index in [9.17, 15) is 4.79 Å². The molecule has 1 aromatic heterocycles. The topological polar surface area (TPSA) is 64.1 Å². The third kappa shape index (κ3) is 5.94. The zero-order valence-corrected chi connectivity index (χ0v) is 17.1. The number of para-hydroxylation sites is 1. The Balaban J connectivity index is 1.54. The Morgan fingerprint density at radius 1 is 1.14 bits per heavy atom. The number of amides is 1. The molecule has 0 radical (unpaired) electrons. The van der Waals surface area contributed by atoms with Crippen LogP contribution >= 0.6 is 23.1 Å². The number of thioether (sulfide) groups is 1. The molecule has 3 rings (SSSR count). The average molecular weight is 412 g/mol. The van der Waals surface area contributed by atoms with Crippen LogP contribution in [0.4, 0.5) is 5.13 Å². The molecule has 7 heteroatoms. The predicted molar refractivity (Wildman–Crippen MR) is 116 cm³/mol. The van der Waals surface area contributed by atoms with Gasteiger partial charge in [-0.25, -0.2) is 0 Å². The number of carbonyl (C=O) groups is 1. The first-order valence-electron chi connectivity index (χ1n) is 8.97. The Bertz CT molecular complexity index is 926. The van der Waals surface area contributed by atoms with E-state index in [1.54, 1.807) is 23.9 Å². The Labute approximate surface area is 172 Å². The van der Waals surface area contributed by atoms with Crippen molar-refractivity contribution in [2.45, 2.75) is 17.7 Å². The lowest BCUT2D eigenvalue weighted by molar-refractivity contribution is 0.102. The molecule has 0 fully saturated rings. The molecule has 0 spiro atoms. The molecule has 1 heterocycles. The molecular weight excluding hydrogens is 390 g/mol. The van der Waals surface area contributed by atoms with E-state index in [-0.39, 0.29) is 5.91 Å². The minimum absolute atomic E-state index is 0.247. The highest BCUT2D eigenvalue weighted by Gasteiger charge is 2.14. The fourth-order valence-corrected chi connectivity index (χ4v) is 3.93. The molecule has 0 atom stereocenters. The Morgan fingerprint density at radius 3 is 2.75 bits per heavy atom. The number of benzene rings is 2. The largest absolute Gasteiger partial charge is 0.493 e. The van der Waals surface area contributed by atoms with Gasteiger partial charge in [0.1, 0.15) is 5.75 Å². The summed E-state index contributed by atoms with van der Waals surface area (Å²) in [6.07, 6.45) is 5.04. The van der Waals surface area contributed by atoms with Crippen molar-refractivity contribution in [3.8, 4) is 5.75 Å². The van der Waals surface area contributed by atoms with Gasteiger partial charge >= 0.3 is 0 Å². The number of rotatable bonds is 9. The van der Waals surface area contributed by atoms with Crippen LogP contribution in [0.2, 0.25) is 0 Å². The van der Waals surface area contributed by atoms with E-state index in [1.165, 1.54) is 11.3 Å². The van der Waals surface area contributed by atoms with Crippen molar-refractivity contribution < 1.29 is 9.53 Å². The Morgan fingerprint density at radius 2 is 1.93 bits per heavy atom. The summed E-state index contributed by atoms with van der Waals surface area (Å²) in [7, 11) is 0. The van der Waals surface area contributed by atoms with Gasteiger partial charge in [-0.05, 0) is 24.1 Å². The first kappa shape index (κ1) is 20.1. The lowest BCUT2D eigenvalue weighted by Gasteiger charge is -2.09. The van der Waals surface area contributed by atoms with Crippen LogP contribution in [0.15, 0.2) is 65.0 Å². The average Bonchev–Trinajstić information content (AvgIpc) is 3.18. The van der Waals surface area contributed by atoms with Crippen LogP contribution in [0.3, 0.4) is 0 Å². The van der Waals surface area contributed by atoms with Gasteiger partial charge in [-0.2, -0.15) is 0 Å². The van der Waals surface area contributed by atoms with Crippen LogP contribution in [-0.2, 0) is 0 Å². The van der Waals surface area contributed by atoms with Crippen LogP contribution in [0, 0.1) is 0 Å². The summed E-state index contributed by atoms with van der Waals surface area (Å²) in [5.41, 5.74) is 1.66. The first-order valence-corrected chi connectivity index (χ1v) is 10.8. The van der Waals surface area contributed by atoms with Crippen molar-refractivity contribution in [1.82, 2.24) is 10.2 Å². The van der Waals surface area contributed by atoms with Crippen molar-refractivity contribution in [2.24, 2.45) is 0 Å². The van der Waals surface area contributed by atoms with E-state index < -0.39 is 0 Å². The highest BCUT2D eigenvalue weighted by atomic mass is 32.2. The van der Waals surface area contributed by atoms with E-state index in [2.05, 4.69) is 39.8 Å². The number of aromatic nitrogens is 2. The molecule has 144 valence electrons. The summed E-state index contributed by atoms with van der Waals surface area (Å²) in [5, 5.41) is 11.5. The van der Waals surface area contributed by atoms with Gasteiger partial charge in [-0.3, -0.25) is 10.1 Å². The molecular formula is C21H21N3O2S2. The maximum Gasteiger partial charge on any atom is 0.261 e. The number of carbonyl (C=O) groups excluding carboxylic acids is 1. The van der Waals surface area contributed by atoms with Crippen LogP contribution in [-0.4, -0.2) is 28.5 Å². The maximum absolute atomic E-state index is 12.6. The van der Waals surface area contributed by atoms with Crippen molar-refractivity contribution in [2.75, 3.05) is 17.7 Å². The Hall–Kier alpha value is -2.64. The molecule has 5 nitrogen and oxygen atoms in total. The van der Waals surface area contributed by atoms with Gasteiger partial charge in [-0.15, -0.1) is 10.2 Å².